The maximum absolute atomic E-state index is 12.6. The summed E-state index contributed by atoms with van der Waals surface area (Å²) < 4.78 is 54.7. The molecule has 1 fully saturated rings. The number of ether oxygens (including phenoxy) is 1. The molecule has 0 N–H and O–H groups in total. The fraction of sp³-hybridized carbons (Fsp3) is 0.462. The number of hydrogen-bond acceptors (Lipinski definition) is 3. The van der Waals surface area contributed by atoms with E-state index in [4.69, 9.17) is 4.74 Å². The van der Waals surface area contributed by atoms with Crippen LogP contribution in [0.5, 0.6) is 0 Å². The first kappa shape index (κ1) is 15.2. The molecular weight excluding hydrogens is 293 g/mol. The van der Waals surface area contributed by atoms with Gasteiger partial charge in [0.05, 0.1) is 28.7 Å². The Morgan fingerprint density at radius 2 is 2.15 bits per heavy atom. The van der Waals surface area contributed by atoms with Crippen molar-refractivity contribution in [1.29, 1.82) is 0 Å². The molecule has 0 radical (unpaired) electrons. The van der Waals surface area contributed by atoms with E-state index in [-0.39, 0.29) is 22.3 Å². The predicted molar refractivity (Wildman–Crippen MR) is 66.7 cm³/mol. The van der Waals surface area contributed by atoms with Crippen LogP contribution >= 0.6 is 0 Å². The number of alkyl halides is 3. The van der Waals surface area contributed by atoms with Crippen molar-refractivity contribution in [3.63, 3.8) is 0 Å². The van der Waals surface area contributed by atoms with Crippen LogP contribution in [0.15, 0.2) is 29.2 Å². The molecule has 2 rings (SSSR count). The Labute approximate surface area is 116 Å². The number of benzene rings is 1. The third-order valence-corrected chi connectivity index (χ3v) is 4.41. The summed E-state index contributed by atoms with van der Waals surface area (Å²) in [6.07, 6.45) is -3.90. The number of carbonyl (C=O) groups is 1. The lowest BCUT2D eigenvalue weighted by Crippen LogP contribution is -2.21. The molecular formula is C13H13F3O3S. The third-order valence-electron chi connectivity index (χ3n) is 3.08. The largest absolute Gasteiger partial charge is 0.416 e. The van der Waals surface area contributed by atoms with Crippen LogP contribution in [0, 0.1) is 5.92 Å². The van der Waals surface area contributed by atoms with E-state index in [9.17, 15) is 22.2 Å². The van der Waals surface area contributed by atoms with Crippen LogP contribution in [-0.2, 0) is 26.5 Å². The van der Waals surface area contributed by atoms with Gasteiger partial charge in [0.1, 0.15) is 0 Å². The van der Waals surface area contributed by atoms with Crippen molar-refractivity contribution >= 4 is 16.6 Å². The molecule has 0 amide bonds. The molecule has 0 spiro atoms. The molecule has 0 bridgehead atoms. The zero-order valence-electron chi connectivity index (χ0n) is 10.5. The van der Waals surface area contributed by atoms with Gasteiger partial charge in [-0.05, 0) is 24.6 Å². The summed E-state index contributed by atoms with van der Waals surface area (Å²) in [7, 11) is -1.76. The van der Waals surface area contributed by atoms with Crippen molar-refractivity contribution < 1.29 is 26.9 Å². The molecule has 1 heterocycles. The molecule has 0 saturated carbocycles. The Kier molecular flexibility index (Phi) is 4.59. The van der Waals surface area contributed by atoms with Crippen LogP contribution in [0.3, 0.4) is 0 Å². The Morgan fingerprint density at radius 3 is 2.75 bits per heavy atom. The van der Waals surface area contributed by atoms with Gasteiger partial charge < -0.3 is 4.74 Å². The van der Waals surface area contributed by atoms with Crippen molar-refractivity contribution in [1.82, 2.24) is 0 Å². The second-order valence-corrected chi connectivity index (χ2v) is 5.99. The van der Waals surface area contributed by atoms with E-state index >= 15 is 0 Å². The molecule has 3 nitrogen and oxygen atoms in total. The van der Waals surface area contributed by atoms with Crippen LogP contribution < -0.4 is 0 Å². The molecule has 1 aliphatic heterocycles. The summed E-state index contributed by atoms with van der Waals surface area (Å²) in [6.45, 7) is 0.797. The molecule has 1 aromatic rings. The van der Waals surface area contributed by atoms with Crippen molar-refractivity contribution in [2.45, 2.75) is 17.5 Å². The number of carbonyl (C=O) groups excluding carboxylic acids is 1. The summed E-state index contributed by atoms with van der Waals surface area (Å²) in [5.74, 6) is -0.780. The molecule has 7 heteroatoms. The summed E-state index contributed by atoms with van der Waals surface area (Å²) in [4.78, 5) is 11.8. The number of ketones is 1. The maximum Gasteiger partial charge on any atom is 0.416 e. The lowest BCUT2D eigenvalue weighted by Gasteiger charge is -2.09. The van der Waals surface area contributed by atoms with Gasteiger partial charge in [0, 0.05) is 17.4 Å². The highest BCUT2D eigenvalue weighted by Gasteiger charge is 2.31. The summed E-state index contributed by atoms with van der Waals surface area (Å²) in [5, 5.41) is 0. The average Bonchev–Trinajstić information content (AvgIpc) is 2.91. The molecule has 20 heavy (non-hydrogen) atoms. The standard InChI is InChI=1S/C13H13F3O3S/c14-13(15,16)10-2-1-3-11(6-10)20(18)8-12(17)9-4-5-19-7-9/h1-3,6,9H,4-5,7-8H2. The monoisotopic (exact) mass is 306 g/mol. The SMILES string of the molecule is O=C(CS(=O)c1cccc(C(F)(F)F)c1)C1CCOC1. The predicted octanol–water partition coefficient (Wildman–Crippen LogP) is 2.42. The number of Topliss-reactive ketones (excluding diaryl/α,β-unsaturated/α-hetero) is 1. The lowest BCUT2D eigenvalue weighted by molar-refractivity contribution is -0.137. The minimum absolute atomic E-state index is 0.0205. The van der Waals surface area contributed by atoms with Gasteiger partial charge in [-0.1, -0.05) is 6.07 Å². The topological polar surface area (TPSA) is 43.4 Å². The fourth-order valence-electron chi connectivity index (χ4n) is 1.93. The Morgan fingerprint density at radius 1 is 1.40 bits per heavy atom. The van der Waals surface area contributed by atoms with Crippen LogP contribution in [0.2, 0.25) is 0 Å². The van der Waals surface area contributed by atoms with Gasteiger partial charge in [0.2, 0.25) is 0 Å². The van der Waals surface area contributed by atoms with E-state index in [0.717, 1.165) is 12.1 Å². The van der Waals surface area contributed by atoms with Crippen molar-refractivity contribution in [3.8, 4) is 0 Å². The summed E-state index contributed by atoms with van der Waals surface area (Å²) in [5.41, 5.74) is -0.861. The fourth-order valence-corrected chi connectivity index (χ4v) is 3.08. The first-order valence-corrected chi connectivity index (χ1v) is 7.36. The van der Waals surface area contributed by atoms with E-state index in [2.05, 4.69) is 0 Å². The molecule has 110 valence electrons. The molecule has 0 aliphatic carbocycles. The smallest absolute Gasteiger partial charge is 0.381 e. The van der Waals surface area contributed by atoms with E-state index < -0.39 is 22.5 Å². The summed E-state index contributed by atoms with van der Waals surface area (Å²) in [6, 6.07) is 4.27. The van der Waals surface area contributed by atoms with Crippen molar-refractivity contribution in [2.75, 3.05) is 19.0 Å². The Bertz CT molecular complexity index is 522. The van der Waals surface area contributed by atoms with Gasteiger partial charge >= 0.3 is 6.18 Å². The van der Waals surface area contributed by atoms with Crippen molar-refractivity contribution in [3.05, 3.63) is 29.8 Å². The van der Waals surface area contributed by atoms with Gasteiger partial charge in [-0.2, -0.15) is 13.2 Å². The van der Waals surface area contributed by atoms with Gasteiger partial charge in [-0.25, -0.2) is 0 Å². The zero-order valence-corrected chi connectivity index (χ0v) is 11.3. The van der Waals surface area contributed by atoms with E-state index in [1.54, 1.807) is 0 Å². The quantitative estimate of drug-likeness (QED) is 0.858. The molecule has 1 aliphatic rings. The molecule has 2 atom stereocenters. The van der Waals surface area contributed by atoms with Gasteiger partial charge in [0.25, 0.3) is 0 Å². The number of rotatable bonds is 4. The minimum atomic E-state index is -4.48. The number of halogens is 3. The van der Waals surface area contributed by atoms with Crippen LogP contribution in [0.25, 0.3) is 0 Å². The van der Waals surface area contributed by atoms with E-state index in [1.807, 2.05) is 0 Å². The molecule has 1 aromatic carbocycles. The Hall–Kier alpha value is -1.21. The van der Waals surface area contributed by atoms with Crippen molar-refractivity contribution in [2.24, 2.45) is 5.92 Å². The summed E-state index contributed by atoms with van der Waals surface area (Å²) >= 11 is 0. The second kappa shape index (κ2) is 6.05. The first-order chi connectivity index (χ1) is 9.38. The highest BCUT2D eigenvalue weighted by atomic mass is 32.2. The van der Waals surface area contributed by atoms with Gasteiger partial charge in [0.15, 0.2) is 5.78 Å². The minimum Gasteiger partial charge on any atom is -0.381 e. The van der Waals surface area contributed by atoms with Gasteiger partial charge in [-0.3, -0.25) is 9.00 Å². The Balaban J connectivity index is 2.07. The normalized spacial score (nSPS) is 20.9. The molecule has 2 unspecified atom stereocenters. The number of hydrogen-bond donors (Lipinski definition) is 0. The van der Waals surface area contributed by atoms with Gasteiger partial charge in [-0.15, -0.1) is 0 Å². The van der Waals surface area contributed by atoms with Crippen LogP contribution in [0.1, 0.15) is 12.0 Å². The highest BCUT2D eigenvalue weighted by Crippen LogP contribution is 2.30. The van der Waals surface area contributed by atoms with E-state index in [1.165, 1.54) is 12.1 Å². The lowest BCUT2D eigenvalue weighted by atomic mass is 10.1. The molecule has 0 aromatic heterocycles. The third kappa shape index (κ3) is 3.67. The van der Waals surface area contributed by atoms with E-state index in [0.29, 0.717) is 19.6 Å². The average molecular weight is 306 g/mol. The maximum atomic E-state index is 12.6. The molecule has 1 saturated heterocycles. The zero-order chi connectivity index (χ0) is 14.8. The second-order valence-electron chi connectivity index (χ2n) is 4.54. The first-order valence-electron chi connectivity index (χ1n) is 6.04. The highest BCUT2D eigenvalue weighted by molar-refractivity contribution is 7.85. The van der Waals surface area contributed by atoms with Crippen LogP contribution in [-0.4, -0.2) is 29.0 Å². The van der Waals surface area contributed by atoms with Crippen LogP contribution in [0.4, 0.5) is 13.2 Å².